The van der Waals surface area contributed by atoms with Crippen LogP contribution in [0.15, 0.2) is 34.6 Å². The second-order valence-corrected chi connectivity index (χ2v) is 5.77. The minimum atomic E-state index is -0.761. The number of halogens is 2. The van der Waals surface area contributed by atoms with Gasteiger partial charge in [0, 0.05) is 30.4 Å². The first-order valence-corrected chi connectivity index (χ1v) is 7.47. The molecule has 0 saturated carbocycles. The number of nitrogens with zero attached hydrogens (tertiary/aromatic N) is 3. The molecule has 0 radical (unpaired) electrons. The van der Waals surface area contributed by atoms with E-state index in [0.717, 1.165) is 29.3 Å². The van der Waals surface area contributed by atoms with E-state index in [1.807, 2.05) is 0 Å². The van der Waals surface area contributed by atoms with Gasteiger partial charge >= 0.3 is 0 Å². The molecule has 0 fully saturated rings. The number of fused-ring (bicyclic) bond motifs is 1. The molecule has 8 heteroatoms. The van der Waals surface area contributed by atoms with E-state index in [1.165, 1.54) is 22.8 Å². The first-order chi connectivity index (χ1) is 10.9. The molecule has 0 aliphatic carbocycles. The van der Waals surface area contributed by atoms with Gasteiger partial charge in [0.15, 0.2) is 4.96 Å². The summed E-state index contributed by atoms with van der Waals surface area (Å²) >= 11 is 1.28. The molecule has 2 aromatic heterocycles. The Balaban J connectivity index is 2.10. The van der Waals surface area contributed by atoms with E-state index in [1.54, 1.807) is 12.3 Å². The van der Waals surface area contributed by atoms with Crippen LogP contribution in [0.2, 0.25) is 0 Å². The van der Waals surface area contributed by atoms with Crippen molar-refractivity contribution < 1.29 is 13.6 Å². The van der Waals surface area contributed by atoms with Gasteiger partial charge in [-0.15, -0.1) is 11.3 Å². The molecule has 5 nitrogen and oxygen atoms in total. The lowest BCUT2D eigenvalue weighted by Gasteiger charge is -2.17. The van der Waals surface area contributed by atoms with Crippen LogP contribution in [0.5, 0.6) is 0 Å². The summed E-state index contributed by atoms with van der Waals surface area (Å²) in [6.07, 6.45) is 1.16. The van der Waals surface area contributed by atoms with Crippen molar-refractivity contribution in [3.8, 4) is 0 Å². The van der Waals surface area contributed by atoms with E-state index in [0.29, 0.717) is 10.7 Å². The van der Waals surface area contributed by atoms with Crippen molar-refractivity contribution in [1.82, 2.24) is 9.38 Å². The van der Waals surface area contributed by atoms with Gasteiger partial charge in [0.1, 0.15) is 17.2 Å². The van der Waals surface area contributed by atoms with Crippen molar-refractivity contribution in [2.24, 2.45) is 0 Å². The van der Waals surface area contributed by atoms with Crippen LogP contribution in [0, 0.1) is 18.6 Å². The van der Waals surface area contributed by atoms with Crippen LogP contribution >= 0.6 is 11.3 Å². The maximum absolute atomic E-state index is 13.8. The second kappa shape index (κ2) is 5.54. The van der Waals surface area contributed by atoms with Crippen LogP contribution in [0.3, 0.4) is 0 Å². The molecule has 2 heterocycles. The molecule has 0 aliphatic heterocycles. The number of aromatic nitrogens is 2. The highest BCUT2D eigenvalue weighted by atomic mass is 32.1. The van der Waals surface area contributed by atoms with E-state index in [-0.39, 0.29) is 11.3 Å². The smallest absolute Gasteiger partial charge is 0.271 e. The minimum Gasteiger partial charge on any atom is -0.308 e. The lowest BCUT2D eigenvalue weighted by atomic mass is 10.2. The predicted octanol–water partition coefficient (Wildman–Crippen LogP) is 2.62. The predicted molar refractivity (Wildman–Crippen MR) is 83.2 cm³/mol. The number of amides is 1. The zero-order valence-corrected chi connectivity index (χ0v) is 13.0. The van der Waals surface area contributed by atoms with Crippen LogP contribution in [0.25, 0.3) is 4.96 Å². The van der Waals surface area contributed by atoms with E-state index in [4.69, 9.17) is 0 Å². The third kappa shape index (κ3) is 2.50. The Morgan fingerprint density at radius 3 is 2.83 bits per heavy atom. The molecule has 1 amide bonds. The Labute approximate surface area is 133 Å². The molecule has 0 spiro atoms. The lowest BCUT2D eigenvalue weighted by molar-refractivity contribution is 0.0990. The molecule has 0 bridgehead atoms. The van der Waals surface area contributed by atoms with Crippen molar-refractivity contribution in [2.75, 3.05) is 11.9 Å². The molecule has 118 valence electrons. The zero-order chi connectivity index (χ0) is 16.7. The summed E-state index contributed by atoms with van der Waals surface area (Å²) < 4.78 is 28.4. The Kier molecular flexibility index (Phi) is 3.69. The van der Waals surface area contributed by atoms with Gasteiger partial charge in [-0.1, -0.05) is 0 Å². The van der Waals surface area contributed by atoms with Crippen LogP contribution in [0.4, 0.5) is 14.5 Å². The normalized spacial score (nSPS) is 11.0. The monoisotopic (exact) mass is 335 g/mol. The lowest BCUT2D eigenvalue weighted by Crippen LogP contribution is -2.33. The fraction of sp³-hybridized carbons (Fsp3) is 0.133. The summed E-state index contributed by atoms with van der Waals surface area (Å²) in [4.78, 5) is 30.4. The van der Waals surface area contributed by atoms with Crippen molar-refractivity contribution in [3.63, 3.8) is 0 Å². The first-order valence-electron chi connectivity index (χ1n) is 6.59. The third-order valence-electron chi connectivity index (χ3n) is 3.42. The number of benzene rings is 1. The molecule has 3 aromatic rings. The Hall–Kier alpha value is -2.61. The largest absolute Gasteiger partial charge is 0.308 e. The number of rotatable bonds is 2. The van der Waals surface area contributed by atoms with Crippen LogP contribution in [-0.2, 0) is 0 Å². The van der Waals surface area contributed by atoms with Crippen LogP contribution < -0.4 is 10.5 Å². The fourth-order valence-corrected chi connectivity index (χ4v) is 3.03. The molecule has 3 rings (SSSR count). The molecule has 0 saturated heterocycles. The summed E-state index contributed by atoms with van der Waals surface area (Å²) in [5.41, 5.74) is -0.351. The molecule has 1 aromatic carbocycles. The molecule has 0 aliphatic rings. The average Bonchev–Trinajstić information content (AvgIpc) is 2.91. The summed E-state index contributed by atoms with van der Waals surface area (Å²) in [6.45, 7) is 1.72. The summed E-state index contributed by atoms with van der Waals surface area (Å²) in [6, 6.07) is 2.77. The van der Waals surface area contributed by atoms with Gasteiger partial charge in [-0.2, -0.15) is 0 Å². The van der Waals surface area contributed by atoms with Gasteiger partial charge in [0.05, 0.1) is 5.69 Å². The number of thiazole rings is 1. The first kappa shape index (κ1) is 15.3. The molecular weight excluding hydrogens is 324 g/mol. The number of hydrogen-bond donors (Lipinski definition) is 0. The second-order valence-electron chi connectivity index (χ2n) is 4.93. The number of carbonyl (C=O) groups is 1. The number of anilines is 1. The number of carbonyl (C=O) groups excluding carboxylic acids is 1. The SMILES string of the molecule is Cc1csc2ncc(C(=O)N(C)c3cc(F)ccc3F)c(=O)n12. The van der Waals surface area contributed by atoms with Gasteiger partial charge < -0.3 is 4.90 Å². The third-order valence-corrected chi connectivity index (χ3v) is 4.38. The van der Waals surface area contributed by atoms with Crippen molar-refractivity contribution >= 4 is 27.9 Å². The maximum atomic E-state index is 13.8. The topological polar surface area (TPSA) is 54.7 Å². The standard InChI is InChI=1S/C15H11F2N3O2S/c1-8-7-23-15-18-6-10(14(22)20(8)15)13(21)19(2)12-5-9(16)3-4-11(12)17/h3-7H,1-2H3. The zero-order valence-electron chi connectivity index (χ0n) is 12.2. The molecule has 0 unspecified atom stereocenters. The molecule has 23 heavy (non-hydrogen) atoms. The van der Waals surface area contributed by atoms with E-state index >= 15 is 0 Å². The average molecular weight is 335 g/mol. The summed E-state index contributed by atoms with van der Waals surface area (Å²) in [5.74, 6) is -2.20. The summed E-state index contributed by atoms with van der Waals surface area (Å²) in [5, 5.41) is 1.74. The molecule has 0 atom stereocenters. The highest BCUT2D eigenvalue weighted by molar-refractivity contribution is 7.15. The van der Waals surface area contributed by atoms with Crippen molar-refractivity contribution in [1.29, 1.82) is 0 Å². The van der Waals surface area contributed by atoms with E-state index in [2.05, 4.69) is 4.98 Å². The van der Waals surface area contributed by atoms with Crippen LogP contribution in [-0.4, -0.2) is 22.3 Å². The van der Waals surface area contributed by atoms with Gasteiger partial charge in [-0.25, -0.2) is 13.8 Å². The Morgan fingerprint density at radius 2 is 2.09 bits per heavy atom. The molecule has 0 N–H and O–H groups in total. The van der Waals surface area contributed by atoms with E-state index < -0.39 is 23.1 Å². The number of aryl methyl sites for hydroxylation is 1. The fourth-order valence-electron chi connectivity index (χ4n) is 2.20. The highest BCUT2D eigenvalue weighted by Crippen LogP contribution is 2.21. The Bertz CT molecular complexity index is 981. The maximum Gasteiger partial charge on any atom is 0.271 e. The van der Waals surface area contributed by atoms with Gasteiger partial charge in [-0.05, 0) is 19.1 Å². The van der Waals surface area contributed by atoms with Crippen LogP contribution in [0.1, 0.15) is 16.1 Å². The summed E-state index contributed by atoms with van der Waals surface area (Å²) in [7, 11) is 1.27. The van der Waals surface area contributed by atoms with Gasteiger partial charge in [0.2, 0.25) is 0 Å². The number of hydrogen-bond acceptors (Lipinski definition) is 4. The van der Waals surface area contributed by atoms with Gasteiger partial charge in [-0.3, -0.25) is 14.0 Å². The van der Waals surface area contributed by atoms with Crippen molar-refractivity contribution in [2.45, 2.75) is 6.92 Å². The Morgan fingerprint density at radius 1 is 1.35 bits per heavy atom. The highest BCUT2D eigenvalue weighted by Gasteiger charge is 2.22. The van der Waals surface area contributed by atoms with E-state index in [9.17, 15) is 18.4 Å². The molecular formula is C15H11F2N3O2S. The van der Waals surface area contributed by atoms with Crippen molar-refractivity contribution in [3.05, 3.63) is 63.0 Å². The van der Waals surface area contributed by atoms with Gasteiger partial charge in [0.25, 0.3) is 11.5 Å². The quantitative estimate of drug-likeness (QED) is 0.723. The minimum absolute atomic E-state index is 0.213.